The van der Waals surface area contributed by atoms with Crippen LogP contribution in [0.2, 0.25) is 5.02 Å². The van der Waals surface area contributed by atoms with Crippen LogP contribution in [0.15, 0.2) is 54.9 Å². The van der Waals surface area contributed by atoms with Gasteiger partial charge in [-0.3, -0.25) is 4.98 Å². The molecule has 1 aromatic carbocycles. The molecule has 0 aliphatic carbocycles. The van der Waals surface area contributed by atoms with E-state index in [9.17, 15) is 4.79 Å². The molecule has 1 amide bonds. The van der Waals surface area contributed by atoms with Crippen molar-refractivity contribution in [2.75, 3.05) is 12.4 Å². The number of nitrogens with one attached hydrogen (secondary N) is 2. The Kier molecular flexibility index (Phi) is 7.16. The van der Waals surface area contributed by atoms with Crippen LogP contribution >= 0.6 is 11.6 Å². The second-order valence-corrected chi connectivity index (χ2v) is 10.1. The summed E-state index contributed by atoms with van der Waals surface area (Å²) in [5.41, 5.74) is 4.55. The molecule has 0 fully saturated rings. The fourth-order valence-electron chi connectivity index (χ4n) is 3.87. The minimum absolute atomic E-state index is 0.243. The van der Waals surface area contributed by atoms with Crippen LogP contribution in [-0.2, 0) is 17.8 Å². The highest BCUT2D eigenvalue weighted by atomic mass is 35.5. The zero-order valence-electron chi connectivity index (χ0n) is 21.9. The van der Waals surface area contributed by atoms with Gasteiger partial charge in [0.05, 0.1) is 36.7 Å². The van der Waals surface area contributed by atoms with Crippen molar-refractivity contribution >= 4 is 40.1 Å². The second kappa shape index (κ2) is 10.7. The molecule has 0 saturated carbocycles. The Morgan fingerprint density at radius 2 is 1.90 bits per heavy atom. The number of nitrogens with zero attached hydrogens (tertiary/aromatic N) is 6. The van der Waals surface area contributed by atoms with Gasteiger partial charge < -0.3 is 20.1 Å². The summed E-state index contributed by atoms with van der Waals surface area (Å²) in [5, 5.41) is 19.9. The molecule has 200 valence electrons. The monoisotopic (exact) mass is 546 g/mol. The SMILES string of the molecule is COc1cnc2c(NCc3nnc4ccc(-c5ccc(CNC(=O)OC(C)(C)C)c(Cl)c5)nn34)ccnc2c1. The van der Waals surface area contributed by atoms with Gasteiger partial charge in [-0.15, -0.1) is 10.2 Å². The number of pyridine rings is 2. The van der Waals surface area contributed by atoms with Crippen molar-refractivity contribution in [3.8, 4) is 17.0 Å². The zero-order chi connectivity index (χ0) is 27.6. The molecule has 0 saturated heterocycles. The molecule has 0 spiro atoms. The van der Waals surface area contributed by atoms with Gasteiger partial charge in [-0.05, 0) is 50.6 Å². The summed E-state index contributed by atoms with van der Waals surface area (Å²) in [4.78, 5) is 20.8. The number of ether oxygens (including phenoxy) is 2. The quantitative estimate of drug-likeness (QED) is 0.288. The Balaban J connectivity index is 1.33. The molecule has 11 nitrogen and oxygen atoms in total. The summed E-state index contributed by atoms with van der Waals surface area (Å²) in [7, 11) is 1.59. The number of rotatable bonds is 7. The lowest BCUT2D eigenvalue weighted by Crippen LogP contribution is -2.32. The maximum absolute atomic E-state index is 12.0. The van der Waals surface area contributed by atoms with Crippen LogP contribution in [0.4, 0.5) is 10.5 Å². The summed E-state index contributed by atoms with van der Waals surface area (Å²) in [6.07, 6.45) is 2.86. The lowest BCUT2D eigenvalue weighted by atomic mass is 10.1. The highest BCUT2D eigenvalue weighted by Gasteiger charge is 2.16. The van der Waals surface area contributed by atoms with E-state index in [1.54, 1.807) is 24.0 Å². The van der Waals surface area contributed by atoms with E-state index >= 15 is 0 Å². The van der Waals surface area contributed by atoms with E-state index in [1.807, 2.05) is 63.2 Å². The van der Waals surface area contributed by atoms with Crippen LogP contribution in [0.25, 0.3) is 27.9 Å². The Labute approximate surface area is 229 Å². The predicted octanol–water partition coefficient (Wildman–Crippen LogP) is 5.03. The van der Waals surface area contributed by atoms with E-state index in [-0.39, 0.29) is 6.54 Å². The van der Waals surface area contributed by atoms with Crippen LogP contribution in [0.5, 0.6) is 5.75 Å². The van der Waals surface area contributed by atoms with Crippen LogP contribution < -0.4 is 15.4 Å². The van der Waals surface area contributed by atoms with Gasteiger partial charge in [0.25, 0.3) is 0 Å². The highest BCUT2D eigenvalue weighted by Crippen LogP contribution is 2.26. The van der Waals surface area contributed by atoms with Gasteiger partial charge in [-0.25, -0.2) is 9.78 Å². The third-order valence-electron chi connectivity index (χ3n) is 5.72. The molecule has 2 N–H and O–H groups in total. The zero-order valence-corrected chi connectivity index (χ0v) is 22.7. The van der Waals surface area contributed by atoms with Gasteiger partial charge in [0.15, 0.2) is 11.5 Å². The number of halogens is 1. The lowest BCUT2D eigenvalue weighted by molar-refractivity contribution is 0.0523. The van der Waals surface area contributed by atoms with Crippen molar-refractivity contribution in [1.82, 2.24) is 35.1 Å². The first-order chi connectivity index (χ1) is 18.7. The molecular formula is C27H27ClN8O3. The fraction of sp³-hybridized carbons (Fsp3) is 0.259. The number of anilines is 1. The largest absolute Gasteiger partial charge is 0.495 e. The number of amides is 1. The van der Waals surface area contributed by atoms with E-state index in [1.165, 1.54) is 0 Å². The Morgan fingerprint density at radius 1 is 1.05 bits per heavy atom. The van der Waals surface area contributed by atoms with Crippen molar-refractivity contribution in [2.24, 2.45) is 0 Å². The van der Waals surface area contributed by atoms with Crippen molar-refractivity contribution in [1.29, 1.82) is 0 Å². The van der Waals surface area contributed by atoms with Crippen LogP contribution in [0.1, 0.15) is 32.2 Å². The van der Waals surface area contributed by atoms with Gasteiger partial charge in [0.1, 0.15) is 16.9 Å². The number of fused-ring (bicyclic) bond motifs is 2. The standard InChI is InChI=1S/C27H27ClN8O3/c1-27(2,3)39-26(37)32-13-17-6-5-16(11-19(17)28)20-7-8-23-33-34-24(36(23)35-20)15-30-21-9-10-29-22-12-18(38-4)14-31-25(21)22/h5-12,14H,13,15H2,1-4H3,(H,29,30)(H,32,37). The summed E-state index contributed by atoms with van der Waals surface area (Å²) >= 11 is 6.53. The molecule has 12 heteroatoms. The lowest BCUT2D eigenvalue weighted by Gasteiger charge is -2.19. The first kappa shape index (κ1) is 26.1. The van der Waals surface area contributed by atoms with E-state index < -0.39 is 11.7 Å². The minimum atomic E-state index is -0.574. The molecule has 0 unspecified atom stereocenters. The van der Waals surface area contributed by atoms with E-state index in [0.29, 0.717) is 40.0 Å². The minimum Gasteiger partial charge on any atom is -0.495 e. The van der Waals surface area contributed by atoms with Gasteiger partial charge in [-0.1, -0.05) is 23.7 Å². The van der Waals surface area contributed by atoms with Crippen molar-refractivity contribution < 1.29 is 14.3 Å². The van der Waals surface area contributed by atoms with Crippen LogP contribution in [0.3, 0.4) is 0 Å². The van der Waals surface area contributed by atoms with Gasteiger partial charge in [0, 0.05) is 29.4 Å². The number of hydrogen-bond acceptors (Lipinski definition) is 9. The fourth-order valence-corrected chi connectivity index (χ4v) is 4.12. The molecule has 0 radical (unpaired) electrons. The Bertz CT molecular complexity index is 1660. The third kappa shape index (κ3) is 5.99. The molecular weight excluding hydrogens is 520 g/mol. The number of carbonyl (C=O) groups excluding carboxylic acids is 1. The summed E-state index contributed by atoms with van der Waals surface area (Å²) in [5.74, 6) is 1.26. The average Bonchev–Trinajstić information content (AvgIpc) is 3.32. The number of alkyl carbamates (subject to hydrolysis) is 1. The second-order valence-electron chi connectivity index (χ2n) is 9.72. The Hall–Kier alpha value is -4.51. The molecule has 0 aliphatic rings. The Morgan fingerprint density at radius 3 is 2.67 bits per heavy atom. The number of hydrogen-bond donors (Lipinski definition) is 2. The maximum atomic E-state index is 12.0. The molecule has 0 aliphatic heterocycles. The first-order valence-electron chi connectivity index (χ1n) is 12.2. The molecule has 5 aromatic rings. The average molecular weight is 547 g/mol. The third-order valence-corrected chi connectivity index (χ3v) is 6.08. The number of carbonyl (C=O) groups is 1. The van der Waals surface area contributed by atoms with E-state index in [0.717, 1.165) is 22.3 Å². The number of methoxy groups -OCH3 is 1. The molecule has 4 aromatic heterocycles. The van der Waals surface area contributed by atoms with Crippen molar-refractivity contribution in [2.45, 2.75) is 39.5 Å². The maximum Gasteiger partial charge on any atom is 0.407 e. The normalized spacial score (nSPS) is 11.5. The smallest absolute Gasteiger partial charge is 0.407 e. The highest BCUT2D eigenvalue weighted by molar-refractivity contribution is 6.31. The van der Waals surface area contributed by atoms with Crippen molar-refractivity contribution in [3.63, 3.8) is 0 Å². The summed E-state index contributed by atoms with van der Waals surface area (Å²) in [6, 6.07) is 13.0. The molecule has 0 bridgehead atoms. The molecule has 0 atom stereocenters. The molecule has 39 heavy (non-hydrogen) atoms. The van der Waals surface area contributed by atoms with Gasteiger partial charge >= 0.3 is 6.09 Å². The number of aromatic nitrogens is 6. The van der Waals surface area contributed by atoms with Gasteiger partial charge in [-0.2, -0.15) is 9.61 Å². The molecule has 5 rings (SSSR count). The first-order valence-corrected chi connectivity index (χ1v) is 12.6. The number of benzene rings is 1. The van der Waals surface area contributed by atoms with Crippen LogP contribution in [0, 0.1) is 0 Å². The van der Waals surface area contributed by atoms with E-state index in [4.69, 9.17) is 26.2 Å². The topological polar surface area (TPSA) is 128 Å². The summed E-state index contributed by atoms with van der Waals surface area (Å²) in [6.45, 7) is 6.04. The van der Waals surface area contributed by atoms with Crippen LogP contribution in [-0.4, -0.2) is 48.6 Å². The summed E-state index contributed by atoms with van der Waals surface area (Å²) < 4.78 is 12.2. The van der Waals surface area contributed by atoms with Gasteiger partial charge in [0.2, 0.25) is 0 Å². The molecule has 4 heterocycles. The van der Waals surface area contributed by atoms with E-state index in [2.05, 4.69) is 30.8 Å². The predicted molar refractivity (Wildman–Crippen MR) is 148 cm³/mol. The van der Waals surface area contributed by atoms with Crippen molar-refractivity contribution in [3.05, 3.63) is 71.3 Å².